The molecule has 3 rings (SSSR count). The number of aromatic hydroxyl groups is 1. The zero-order valence-electron chi connectivity index (χ0n) is 15.0. The molecule has 0 bridgehead atoms. The van der Waals surface area contributed by atoms with E-state index < -0.39 is 0 Å². The summed E-state index contributed by atoms with van der Waals surface area (Å²) in [5.74, 6) is -0.0923. The molecule has 0 unspecified atom stereocenters. The Bertz CT molecular complexity index is 867. The Morgan fingerprint density at radius 1 is 1.14 bits per heavy atom. The number of phenolic OH excluding ortho intramolecular Hbond substituents is 1. The molecule has 2 amide bonds. The molecule has 148 valence electrons. The largest absolute Gasteiger partial charge is 0.507 e. The highest BCUT2D eigenvalue weighted by Crippen LogP contribution is 2.27. The number of hydrogen-bond acceptors (Lipinski definition) is 4. The number of benzene rings is 2. The van der Waals surface area contributed by atoms with Crippen molar-refractivity contribution in [1.29, 1.82) is 0 Å². The lowest BCUT2D eigenvalue weighted by Crippen LogP contribution is -2.47. The molecular weight excluding hydrogens is 403 g/mol. The molecule has 6 nitrogen and oxygen atoms in total. The smallest absolute Gasteiger partial charge is 0.258 e. The van der Waals surface area contributed by atoms with Gasteiger partial charge < -0.3 is 20.1 Å². The van der Waals surface area contributed by atoms with Gasteiger partial charge in [0.05, 0.1) is 10.6 Å². The van der Waals surface area contributed by atoms with Crippen molar-refractivity contribution in [3.8, 4) is 11.5 Å². The van der Waals surface area contributed by atoms with E-state index in [4.69, 9.17) is 27.9 Å². The molecule has 2 N–H and O–H groups in total. The molecule has 1 aliphatic rings. The van der Waals surface area contributed by atoms with Crippen LogP contribution in [0.1, 0.15) is 23.2 Å². The SMILES string of the molecule is O=C(COc1ccc(Cl)cc1Cl)NC1CCN(C(=O)c2ccccc2O)CC1. The second-order valence-electron chi connectivity index (χ2n) is 6.51. The van der Waals surface area contributed by atoms with E-state index in [1.807, 2.05) is 0 Å². The topological polar surface area (TPSA) is 78.9 Å². The van der Waals surface area contributed by atoms with Gasteiger partial charge in [0, 0.05) is 24.2 Å². The van der Waals surface area contributed by atoms with Crippen LogP contribution in [0.25, 0.3) is 0 Å². The number of ether oxygens (including phenoxy) is 1. The van der Waals surface area contributed by atoms with Gasteiger partial charge in [0.1, 0.15) is 11.5 Å². The van der Waals surface area contributed by atoms with Gasteiger partial charge in [-0.2, -0.15) is 0 Å². The van der Waals surface area contributed by atoms with Crippen molar-refractivity contribution in [3.63, 3.8) is 0 Å². The molecule has 0 aliphatic carbocycles. The summed E-state index contributed by atoms with van der Waals surface area (Å²) in [6, 6.07) is 11.2. The molecule has 8 heteroatoms. The Labute approximate surface area is 173 Å². The van der Waals surface area contributed by atoms with Gasteiger partial charge in [-0.1, -0.05) is 35.3 Å². The minimum Gasteiger partial charge on any atom is -0.507 e. The number of piperidine rings is 1. The van der Waals surface area contributed by atoms with Crippen LogP contribution in [0.4, 0.5) is 0 Å². The van der Waals surface area contributed by atoms with Crippen molar-refractivity contribution in [2.45, 2.75) is 18.9 Å². The first-order valence-corrected chi connectivity index (χ1v) is 9.64. The molecule has 0 radical (unpaired) electrons. The first kappa shape index (κ1) is 20.3. The summed E-state index contributed by atoms with van der Waals surface area (Å²) in [5, 5.41) is 13.6. The van der Waals surface area contributed by atoms with Gasteiger partial charge in [0.2, 0.25) is 0 Å². The Hall–Kier alpha value is -2.44. The minimum atomic E-state index is -0.253. The van der Waals surface area contributed by atoms with E-state index in [-0.39, 0.29) is 30.2 Å². The van der Waals surface area contributed by atoms with E-state index in [1.54, 1.807) is 41.3 Å². The van der Waals surface area contributed by atoms with Gasteiger partial charge in [-0.05, 0) is 43.2 Å². The molecule has 1 aliphatic heterocycles. The first-order valence-electron chi connectivity index (χ1n) is 8.88. The number of nitrogens with zero attached hydrogens (tertiary/aromatic N) is 1. The zero-order chi connectivity index (χ0) is 20.1. The summed E-state index contributed by atoms with van der Waals surface area (Å²) < 4.78 is 5.43. The lowest BCUT2D eigenvalue weighted by atomic mass is 10.0. The minimum absolute atomic E-state index is 0.0269. The highest BCUT2D eigenvalue weighted by Gasteiger charge is 2.25. The van der Waals surface area contributed by atoms with Gasteiger partial charge in [0.25, 0.3) is 11.8 Å². The van der Waals surface area contributed by atoms with Gasteiger partial charge in [-0.15, -0.1) is 0 Å². The van der Waals surface area contributed by atoms with E-state index in [1.165, 1.54) is 6.07 Å². The maximum Gasteiger partial charge on any atom is 0.258 e. The summed E-state index contributed by atoms with van der Waals surface area (Å²) in [5.41, 5.74) is 0.290. The fraction of sp³-hybridized carbons (Fsp3) is 0.300. The molecule has 0 spiro atoms. The maximum atomic E-state index is 12.5. The second kappa shape index (κ2) is 9.17. The number of carbonyl (C=O) groups excluding carboxylic acids is 2. The highest BCUT2D eigenvalue weighted by molar-refractivity contribution is 6.35. The average molecular weight is 423 g/mol. The van der Waals surface area contributed by atoms with Crippen molar-refractivity contribution < 1.29 is 19.4 Å². The molecule has 1 saturated heterocycles. The predicted octanol–water partition coefficient (Wildman–Crippen LogP) is 3.50. The van der Waals surface area contributed by atoms with Crippen molar-refractivity contribution in [2.24, 2.45) is 0 Å². The number of carbonyl (C=O) groups is 2. The lowest BCUT2D eigenvalue weighted by molar-refractivity contribution is -0.124. The zero-order valence-corrected chi connectivity index (χ0v) is 16.5. The third-order valence-electron chi connectivity index (χ3n) is 4.53. The number of hydrogen-bond donors (Lipinski definition) is 2. The van der Waals surface area contributed by atoms with Crippen molar-refractivity contribution in [1.82, 2.24) is 10.2 Å². The molecular formula is C20H20Cl2N2O4. The maximum absolute atomic E-state index is 12.5. The van der Waals surface area contributed by atoms with Crippen LogP contribution < -0.4 is 10.1 Å². The van der Waals surface area contributed by atoms with E-state index in [2.05, 4.69) is 5.32 Å². The molecule has 2 aromatic carbocycles. The molecule has 1 heterocycles. The van der Waals surface area contributed by atoms with E-state index in [9.17, 15) is 14.7 Å². The number of nitrogens with one attached hydrogen (secondary N) is 1. The molecule has 1 fully saturated rings. The quantitative estimate of drug-likeness (QED) is 0.772. The third-order valence-corrected chi connectivity index (χ3v) is 5.06. The fourth-order valence-electron chi connectivity index (χ4n) is 3.06. The number of likely N-dealkylation sites (tertiary alicyclic amines) is 1. The van der Waals surface area contributed by atoms with E-state index >= 15 is 0 Å². The molecule has 0 aromatic heterocycles. The highest BCUT2D eigenvalue weighted by atomic mass is 35.5. The van der Waals surface area contributed by atoms with Crippen LogP contribution in [-0.4, -0.2) is 47.6 Å². The summed E-state index contributed by atoms with van der Waals surface area (Å²) in [6.45, 7) is 0.850. The fourth-order valence-corrected chi connectivity index (χ4v) is 3.52. The molecule has 0 atom stereocenters. The lowest BCUT2D eigenvalue weighted by Gasteiger charge is -2.32. The summed E-state index contributed by atoms with van der Waals surface area (Å²) in [6.07, 6.45) is 1.26. The second-order valence-corrected chi connectivity index (χ2v) is 7.36. The van der Waals surface area contributed by atoms with Crippen LogP contribution in [0, 0.1) is 0 Å². The van der Waals surface area contributed by atoms with Crippen LogP contribution in [0.5, 0.6) is 11.5 Å². The molecule has 2 aromatic rings. The van der Waals surface area contributed by atoms with Crippen LogP contribution in [0.15, 0.2) is 42.5 Å². The van der Waals surface area contributed by atoms with Crippen molar-refractivity contribution in [3.05, 3.63) is 58.1 Å². The Balaban J connectivity index is 1.45. The first-order chi connectivity index (χ1) is 13.4. The van der Waals surface area contributed by atoms with Crippen LogP contribution in [-0.2, 0) is 4.79 Å². The van der Waals surface area contributed by atoms with Gasteiger partial charge >= 0.3 is 0 Å². The third kappa shape index (κ3) is 5.09. The Kier molecular flexibility index (Phi) is 6.65. The monoisotopic (exact) mass is 422 g/mol. The number of phenols is 1. The predicted molar refractivity (Wildman–Crippen MR) is 107 cm³/mol. The standard InChI is InChI=1S/C20H20Cl2N2O4/c21-13-5-6-18(16(22)11-13)28-12-19(26)23-14-7-9-24(10-8-14)20(27)15-3-1-2-4-17(15)25/h1-6,11,14,25H,7-10,12H2,(H,23,26). The van der Waals surface area contributed by atoms with Crippen molar-refractivity contribution >= 4 is 35.0 Å². The summed E-state index contributed by atoms with van der Waals surface area (Å²) in [7, 11) is 0. The normalized spacial score (nSPS) is 14.6. The summed E-state index contributed by atoms with van der Waals surface area (Å²) >= 11 is 11.8. The Morgan fingerprint density at radius 2 is 1.86 bits per heavy atom. The van der Waals surface area contributed by atoms with Crippen molar-refractivity contribution in [2.75, 3.05) is 19.7 Å². The van der Waals surface area contributed by atoms with Gasteiger partial charge in [-0.3, -0.25) is 9.59 Å². The number of rotatable bonds is 5. The van der Waals surface area contributed by atoms with Gasteiger partial charge in [-0.25, -0.2) is 0 Å². The average Bonchev–Trinajstić information content (AvgIpc) is 2.68. The molecule has 28 heavy (non-hydrogen) atoms. The van der Waals surface area contributed by atoms with E-state index in [0.29, 0.717) is 47.3 Å². The number of halogens is 2. The Morgan fingerprint density at radius 3 is 2.54 bits per heavy atom. The van der Waals surface area contributed by atoms with Crippen LogP contribution in [0.3, 0.4) is 0 Å². The van der Waals surface area contributed by atoms with Gasteiger partial charge in [0.15, 0.2) is 6.61 Å². The number of amides is 2. The summed E-state index contributed by atoms with van der Waals surface area (Å²) in [4.78, 5) is 26.3. The van der Waals surface area contributed by atoms with E-state index in [0.717, 1.165) is 0 Å². The van der Waals surface area contributed by atoms with Crippen LogP contribution >= 0.6 is 23.2 Å². The number of para-hydroxylation sites is 1. The van der Waals surface area contributed by atoms with Crippen LogP contribution in [0.2, 0.25) is 10.0 Å². The molecule has 0 saturated carbocycles.